The Morgan fingerprint density at radius 1 is 1.03 bits per heavy atom. The number of halogens is 2. The van der Waals surface area contributed by atoms with E-state index < -0.39 is 18.5 Å². The van der Waals surface area contributed by atoms with Crippen molar-refractivity contribution in [3.63, 3.8) is 0 Å². The lowest BCUT2D eigenvalue weighted by Gasteiger charge is -2.15. The number of benzene rings is 2. The van der Waals surface area contributed by atoms with E-state index in [1.807, 2.05) is 42.5 Å². The topological polar surface area (TPSA) is 89.7 Å². The standard InChI is InChI=1S/C23H22F2N2O5/c1-30-19-12-16(22(29)31-2)18(13-20(19)32-23(24)25)27-21(28)11-9-15-8-10-17(26-15)14-6-4-3-5-7-14/h3-8,10,12-13,23,26H,9,11H2,1-2H3,(H,27,28). The smallest absolute Gasteiger partial charge is 0.387 e. The second-order valence-corrected chi connectivity index (χ2v) is 6.73. The lowest BCUT2D eigenvalue weighted by molar-refractivity contribution is -0.116. The molecule has 32 heavy (non-hydrogen) atoms. The number of anilines is 1. The molecule has 3 rings (SSSR count). The minimum atomic E-state index is -3.11. The van der Waals surface area contributed by atoms with Gasteiger partial charge in [0.2, 0.25) is 5.91 Å². The van der Waals surface area contributed by atoms with E-state index in [-0.39, 0.29) is 29.2 Å². The molecule has 0 spiro atoms. The second-order valence-electron chi connectivity index (χ2n) is 6.73. The molecule has 0 saturated heterocycles. The lowest BCUT2D eigenvalue weighted by Crippen LogP contribution is -2.16. The molecular formula is C23H22F2N2O5. The predicted octanol–water partition coefficient (Wildman–Crippen LogP) is 4.65. The molecule has 2 aromatic carbocycles. The number of rotatable bonds is 9. The van der Waals surface area contributed by atoms with Crippen molar-refractivity contribution in [3.05, 3.63) is 65.9 Å². The molecule has 0 aliphatic carbocycles. The zero-order valence-electron chi connectivity index (χ0n) is 17.5. The summed E-state index contributed by atoms with van der Waals surface area (Å²) in [5.41, 5.74) is 2.73. The Morgan fingerprint density at radius 2 is 1.78 bits per heavy atom. The molecule has 168 valence electrons. The molecule has 2 N–H and O–H groups in total. The summed E-state index contributed by atoms with van der Waals surface area (Å²) in [5, 5.41) is 2.57. The molecule has 3 aromatic rings. The third-order valence-corrected chi connectivity index (χ3v) is 4.65. The summed E-state index contributed by atoms with van der Waals surface area (Å²) in [7, 11) is 2.41. The maximum Gasteiger partial charge on any atom is 0.387 e. The Hall–Kier alpha value is -3.88. The Bertz CT molecular complexity index is 1080. The van der Waals surface area contributed by atoms with E-state index in [0.29, 0.717) is 6.42 Å². The van der Waals surface area contributed by atoms with Crippen molar-refractivity contribution in [1.29, 1.82) is 0 Å². The molecule has 0 fully saturated rings. The first-order valence-corrected chi connectivity index (χ1v) is 9.69. The fraction of sp³-hybridized carbons (Fsp3) is 0.217. The van der Waals surface area contributed by atoms with E-state index in [9.17, 15) is 18.4 Å². The van der Waals surface area contributed by atoms with Crippen LogP contribution in [0.1, 0.15) is 22.5 Å². The Labute approximate surface area is 183 Å². The predicted molar refractivity (Wildman–Crippen MR) is 114 cm³/mol. The molecule has 7 nitrogen and oxygen atoms in total. The molecule has 0 atom stereocenters. The number of amides is 1. The molecule has 0 aliphatic rings. The highest BCUT2D eigenvalue weighted by molar-refractivity contribution is 6.02. The van der Waals surface area contributed by atoms with Gasteiger partial charge < -0.3 is 24.5 Å². The summed E-state index contributed by atoms with van der Waals surface area (Å²) < 4.78 is 39.6. The van der Waals surface area contributed by atoms with Crippen LogP contribution in [0.2, 0.25) is 0 Å². The molecule has 0 radical (unpaired) electrons. The van der Waals surface area contributed by atoms with Crippen molar-refractivity contribution in [2.45, 2.75) is 19.5 Å². The van der Waals surface area contributed by atoms with Crippen LogP contribution >= 0.6 is 0 Å². The van der Waals surface area contributed by atoms with Gasteiger partial charge in [0.1, 0.15) is 0 Å². The summed E-state index contributed by atoms with van der Waals surface area (Å²) in [6, 6.07) is 15.8. The maximum absolute atomic E-state index is 12.7. The maximum atomic E-state index is 12.7. The van der Waals surface area contributed by atoms with Crippen LogP contribution in [0.15, 0.2) is 54.6 Å². The lowest BCUT2D eigenvalue weighted by atomic mass is 10.1. The van der Waals surface area contributed by atoms with Crippen LogP contribution < -0.4 is 14.8 Å². The van der Waals surface area contributed by atoms with Gasteiger partial charge in [0, 0.05) is 29.9 Å². The molecule has 9 heteroatoms. The van der Waals surface area contributed by atoms with Gasteiger partial charge >= 0.3 is 12.6 Å². The molecule has 0 unspecified atom stereocenters. The fourth-order valence-corrected chi connectivity index (χ4v) is 3.12. The number of hydrogen-bond acceptors (Lipinski definition) is 5. The van der Waals surface area contributed by atoms with Gasteiger partial charge in [-0.2, -0.15) is 8.78 Å². The first-order chi connectivity index (χ1) is 15.4. The van der Waals surface area contributed by atoms with Crippen LogP contribution in [0.25, 0.3) is 11.3 Å². The summed E-state index contributed by atoms with van der Waals surface area (Å²) in [6.07, 6.45) is 0.495. The minimum absolute atomic E-state index is 0.0187. The molecule has 1 aromatic heterocycles. The highest BCUT2D eigenvalue weighted by Gasteiger charge is 2.21. The van der Waals surface area contributed by atoms with Crippen LogP contribution in [0.5, 0.6) is 11.5 Å². The number of methoxy groups -OCH3 is 2. The average molecular weight is 444 g/mol. The normalized spacial score (nSPS) is 10.7. The molecule has 1 amide bonds. The van der Waals surface area contributed by atoms with Gasteiger partial charge in [-0.1, -0.05) is 30.3 Å². The summed E-state index contributed by atoms with van der Waals surface area (Å²) in [5.74, 6) is -1.59. The fourth-order valence-electron chi connectivity index (χ4n) is 3.12. The van der Waals surface area contributed by atoms with Crippen molar-refractivity contribution in [2.75, 3.05) is 19.5 Å². The van der Waals surface area contributed by atoms with Crippen LogP contribution in [0, 0.1) is 0 Å². The number of carbonyl (C=O) groups excluding carboxylic acids is 2. The van der Waals surface area contributed by atoms with E-state index in [1.165, 1.54) is 20.3 Å². The number of aromatic amines is 1. The van der Waals surface area contributed by atoms with Gasteiger partial charge in [-0.25, -0.2) is 4.79 Å². The van der Waals surface area contributed by atoms with Gasteiger partial charge in [0.15, 0.2) is 11.5 Å². The largest absolute Gasteiger partial charge is 0.493 e. The van der Waals surface area contributed by atoms with E-state index in [0.717, 1.165) is 23.0 Å². The van der Waals surface area contributed by atoms with Gasteiger partial charge in [-0.15, -0.1) is 0 Å². The number of nitrogens with one attached hydrogen (secondary N) is 2. The van der Waals surface area contributed by atoms with Crippen molar-refractivity contribution < 1.29 is 32.6 Å². The zero-order chi connectivity index (χ0) is 23.1. The summed E-state index contributed by atoms with van der Waals surface area (Å²) >= 11 is 0. The van der Waals surface area contributed by atoms with Crippen molar-refractivity contribution in [1.82, 2.24) is 4.98 Å². The van der Waals surface area contributed by atoms with E-state index in [4.69, 9.17) is 9.47 Å². The number of carbonyl (C=O) groups is 2. The van der Waals surface area contributed by atoms with Crippen molar-refractivity contribution in [3.8, 4) is 22.8 Å². The van der Waals surface area contributed by atoms with Gasteiger partial charge in [-0.3, -0.25) is 4.79 Å². The summed E-state index contributed by atoms with van der Waals surface area (Å²) in [4.78, 5) is 27.9. The number of alkyl halides is 2. The number of aryl methyl sites for hydroxylation is 1. The highest BCUT2D eigenvalue weighted by atomic mass is 19.3. The third-order valence-electron chi connectivity index (χ3n) is 4.65. The number of hydrogen-bond donors (Lipinski definition) is 2. The number of ether oxygens (including phenoxy) is 3. The Morgan fingerprint density at radius 3 is 2.44 bits per heavy atom. The highest BCUT2D eigenvalue weighted by Crippen LogP contribution is 2.35. The van der Waals surface area contributed by atoms with Crippen LogP contribution in [-0.4, -0.2) is 37.7 Å². The number of esters is 1. The number of aromatic nitrogens is 1. The minimum Gasteiger partial charge on any atom is -0.493 e. The molecule has 0 saturated carbocycles. The average Bonchev–Trinajstić information content (AvgIpc) is 3.27. The Balaban J connectivity index is 1.73. The van der Waals surface area contributed by atoms with Crippen molar-refractivity contribution >= 4 is 17.6 Å². The van der Waals surface area contributed by atoms with E-state index in [1.54, 1.807) is 0 Å². The number of H-pyrrole nitrogens is 1. The van der Waals surface area contributed by atoms with Crippen LogP contribution in [-0.2, 0) is 16.0 Å². The van der Waals surface area contributed by atoms with Crippen LogP contribution in [0.4, 0.5) is 14.5 Å². The molecule has 0 bridgehead atoms. The molecule has 0 aliphatic heterocycles. The van der Waals surface area contributed by atoms with E-state index >= 15 is 0 Å². The first-order valence-electron chi connectivity index (χ1n) is 9.69. The zero-order valence-corrected chi connectivity index (χ0v) is 17.5. The van der Waals surface area contributed by atoms with Crippen LogP contribution in [0.3, 0.4) is 0 Å². The first kappa shape index (κ1) is 22.8. The quantitative estimate of drug-likeness (QED) is 0.469. The molecule has 1 heterocycles. The third kappa shape index (κ3) is 5.63. The van der Waals surface area contributed by atoms with Gasteiger partial charge in [-0.05, 0) is 24.1 Å². The SMILES string of the molecule is COC(=O)c1cc(OC)c(OC(F)F)cc1NC(=O)CCc1ccc(-c2ccccc2)[nH]1. The second kappa shape index (κ2) is 10.4. The van der Waals surface area contributed by atoms with Crippen molar-refractivity contribution in [2.24, 2.45) is 0 Å². The van der Waals surface area contributed by atoms with E-state index in [2.05, 4.69) is 15.0 Å². The molecular weight excluding hydrogens is 422 g/mol. The van der Waals surface area contributed by atoms with Gasteiger partial charge in [0.05, 0.1) is 25.5 Å². The monoisotopic (exact) mass is 444 g/mol. The van der Waals surface area contributed by atoms with Gasteiger partial charge in [0.25, 0.3) is 0 Å². The Kier molecular flexibility index (Phi) is 7.43. The summed E-state index contributed by atoms with van der Waals surface area (Å²) in [6.45, 7) is -3.11.